The number of nitrogens with two attached hydrogens (primary N) is 1. The molecule has 0 bridgehead atoms. The van der Waals surface area contributed by atoms with Crippen molar-refractivity contribution < 1.29 is 14.6 Å². The van der Waals surface area contributed by atoms with Gasteiger partial charge in [0.2, 0.25) is 0 Å². The van der Waals surface area contributed by atoms with E-state index in [4.69, 9.17) is 10.5 Å². The van der Waals surface area contributed by atoms with Gasteiger partial charge in [-0.05, 0) is 0 Å². The van der Waals surface area contributed by atoms with E-state index in [-0.39, 0.29) is 11.5 Å². The lowest BCUT2D eigenvalue weighted by Crippen LogP contribution is -2.15. The Morgan fingerprint density at radius 2 is 2.33 bits per heavy atom. The van der Waals surface area contributed by atoms with Crippen LogP contribution in [0.5, 0.6) is 5.88 Å². The number of pyridine rings is 1. The Bertz CT molecular complexity index is 313. The molecule has 0 aliphatic carbocycles. The summed E-state index contributed by atoms with van der Waals surface area (Å²) in [6.45, 7) is 0. The summed E-state index contributed by atoms with van der Waals surface area (Å²) in [5.41, 5.74) is 5.16. The van der Waals surface area contributed by atoms with Crippen molar-refractivity contribution in [3.05, 3.63) is 22.2 Å². The van der Waals surface area contributed by atoms with Crippen LogP contribution < -0.4 is 15.5 Å². The quantitative estimate of drug-likeness (QED) is 0.499. The fraction of sp³-hybridized carbons (Fsp3) is 0.167. The average molecular weight is 170 g/mol. The van der Waals surface area contributed by atoms with E-state index in [1.807, 2.05) is 0 Å². The number of ether oxygens (including phenoxy) is 1. The topological polar surface area (TPSA) is 92.5 Å². The van der Waals surface area contributed by atoms with Gasteiger partial charge < -0.3 is 4.74 Å². The summed E-state index contributed by atoms with van der Waals surface area (Å²) >= 11 is 0. The molecule has 1 rings (SSSR count). The molecular weight excluding hydrogens is 162 g/mol. The van der Waals surface area contributed by atoms with Crippen molar-refractivity contribution in [2.75, 3.05) is 12.8 Å². The molecular formula is C6H8N3O3+. The molecule has 6 nitrogen and oxygen atoms in total. The second-order valence-corrected chi connectivity index (χ2v) is 2.08. The van der Waals surface area contributed by atoms with Crippen LogP contribution >= 0.6 is 0 Å². The van der Waals surface area contributed by atoms with Gasteiger partial charge in [0.1, 0.15) is 0 Å². The van der Waals surface area contributed by atoms with Crippen LogP contribution in [0.15, 0.2) is 12.1 Å². The normalized spacial score (nSPS) is 9.42. The van der Waals surface area contributed by atoms with Crippen molar-refractivity contribution in [2.45, 2.75) is 0 Å². The van der Waals surface area contributed by atoms with Crippen molar-refractivity contribution in [2.24, 2.45) is 0 Å². The summed E-state index contributed by atoms with van der Waals surface area (Å²) < 4.78 is 4.77. The highest BCUT2D eigenvalue weighted by atomic mass is 16.6. The minimum atomic E-state index is -0.564. The van der Waals surface area contributed by atoms with Gasteiger partial charge in [-0.2, -0.15) is 0 Å². The zero-order valence-corrected chi connectivity index (χ0v) is 6.40. The summed E-state index contributed by atoms with van der Waals surface area (Å²) in [7, 11) is 1.44. The van der Waals surface area contributed by atoms with Crippen LogP contribution in [0.3, 0.4) is 0 Å². The number of aromatic nitrogens is 1. The Morgan fingerprint density at radius 1 is 1.67 bits per heavy atom. The molecule has 3 N–H and O–H groups in total. The maximum atomic E-state index is 10.3. The first-order valence-corrected chi connectivity index (χ1v) is 3.15. The van der Waals surface area contributed by atoms with Gasteiger partial charge in [-0.3, -0.25) is 15.8 Å². The Hall–Kier alpha value is -1.85. The number of anilines is 1. The molecule has 1 aromatic heterocycles. The van der Waals surface area contributed by atoms with Crippen molar-refractivity contribution in [1.82, 2.24) is 0 Å². The van der Waals surface area contributed by atoms with Gasteiger partial charge in [0.05, 0.1) is 12.0 Å². The largest absolute Gasteiger partial charge is 0.466 e. The first-order chi connectivity index (χ1) is 5.65. The standard InChI is InChI=1S/C6H7N3O3/c1-12-5-3-2-4(9(10)11)6(7)8-5/h2-3H,1H3,(H2,7,8)/p+1. The molecule has 0 amide bonds. The van der Waals surface area contributed by atoms with Crippen molar-refractivity contribution in [3.8, 4) is 5.88 Å². The maximum absolute atomic E-state index is 10.3. The predicted octanol–water partition coefficient (Wildman–Crippen LogP) is -0.000300. The molecule has 0 aromatic carbocycles. The van der Waals surface area contributed by atoms with E-state index < -0.39 is 4.92 Å². The second-order valence-electron chi connectivity index (χ2n) is 2.08. The summed E-state index contributed by atoms with van der Waals surface area (Å²) in [6.07, 6.45) is 0. The second kappa shape index (κ2) is 3.04. The highest BCUT2D eigenvalue weighted by molar-refractivity contribution is 5.47. The summed E-state index contributed by atoms with van der Waals surface area (Å²) in [5, 5.41) is 10.3. The first-order valence-electron chi connectivity index (χ1n) is 3.15. The number of rotatable bonds is 2. The SMILES string of the molecule is COc1ccc([N+](=O)[O-])c(N)[nH+]1. The summed E-state index contributed by atoms with van der Waals surface area (Å²) in [4.78, 5) is 12.2. The highest BCUT2D eigenvalue weighted by Crippen LogP contribution is 2.17. The third-order valence-electron chi connectivity index (χ3n) is 1.34. The number of hydrogen-bond donors (Lipinski definition) is 1. The van der Waals surface area contributed by atoms with E-state index >= 15 is 0 Å². The number of nitrogens with one attached hydrogen (secondary N) is 1. The van der Waals surface area contributed by atoms with Crippen LogP contribution in [0.4, 0.5) is 11.5 Å². The smallest absolute Gasteiger partial charge is 0.357 e. The van der Waals surface area contributed by atoms with Crippen LogP contribution in [0.2, 0.25) is 0 Å². The zero-order valence-electron chi connectivity index (χ0n) is 6.40. The van der Waals surface area contributed by atoms with Crippen molar-refractivity contribution in [3.63, 3.8) is 0 Å². The highest BCUT2D eigenvalue weighted by Gasteiger charge is 2.17. The molecule has 0 spiro atoms. The number of aromatic amines is 1. The van der Waals surface area contributed by atoms with Crippen molar-refractivity contribution >= 4 is 11.5 Å². The van der Waals surface area contributed by atoms with E-state index in [0.29, 0.717) is 5.88 Å². The third-order valence-corrected chi connectivity index (χ3v) is 1.34. The van der Waals surface area contributed by atoms with Gasteiger partial charge in [0.15, 0.2) is 0 Å². The van der Waals surface area contributed by atoms with Crippen LogP contribution in [0.25, 0.3) is 0 Å². The first kappa shape index (κ1) is 8.25. The molecule has 6 heteroatoms. The van der Waals surface area contributed by atoms with Gasteiger partial charge in [-0.1, -0.05) is 0 Å². The molecule has 0 radical (unpaired) electrons. The molecule has 0 atom stereocenters. The summed E-state index contributed by atoms with van der Waals surface area (Å²) in [6, 6.07) is 2.72. The van der Waals surface area contributed by atoms with Gasteiger partial charge >= 0.3 is 11.5 Å². The van der Waals surface area contributed by atoms with E-state index in [1.54, 1.807) is 0 Å². The van der Waals surface area contributed by atoms with Crippen LogP contribution in [-0.2, 0) is 0 Å². The van der Waals surface area contributed by atoms with Gasteiger partial charge in [-0.15, -0.1) is 0 Å². The monoisotopic (exact) mass is 170 g/mol. The Balaban J connectivity index is 3.12. The molecule has 1 heterocycles. The van der Waals surface area contributed by atoms with Gasteiger partial charge in [-0.25, -0.2) is 4.98 Å². The predicted molar refractivity (Wildman–Crippen MR) is 40.6 cm³/mol. The van der Waals surface area contributed by atoms with Gasteiger partial charge in [0.25, 0.3) is 5.88 Å². The fourth-order valence-corrected chi connectivity index (χ4v) is 0.761. The minimum Gasteiger partial charge on any atom is -0.466 e. The molecule has 0 unspecified atom stereocenters. The number of nitro groups is 1. The maximum Gasteiger partial charge on any atom is 0.357 e. The van der Waals surface area contributed by atoms with E-state index in [1.165, 1.54) is 19.2 Å². The van der Waals surface area contributed by atoms with E-state index in [0.717, 1.165) is 0 Å². The van der Waals surface area contributed by atoms with E-state index in [9.17, 15) is 10.1 Å². The van der Waals surface area contributed by atoms with Crippen LogP contribution in [-0.4, -0.2) is 12.0 Å². The summed E-state index contributed by atoms with van der Waals surface area (Å²) in [5.74, 6) is 0.373. The lowest BCUT2D eigenvalue weighted by Gasteiger charge is -1.95. The molecule has 0 saturated heterocycles. The Morgan fingerprint density at radius 3 is 2.75 bits per heavy atom. The third kappa shape index (κ3) is 1.42. The average Bonchev–Trinajstić information content (AvgIpc) is 2.03. The Labute approximate surface area is 68.1 Å². The van der Waals surface area contributed by atoms with Gasteiger partial charge in [0, 0.05) is 12.1 Å². The lowest BCUT2D eigenvalue weighted by atomic mass is 10.4. The van der Waals surface area contributed by atoms with Crippen molar-refractivity contribution in [1.29, 1.82) is 0 Å². The molecule has 0 fully saturated rings. The fourth-order valence-electron chi connectivity index (χ4n) is 0.761. The Kier molecular flexibility index (Phi) is 2.09. The molecule has 0 saturated carbocycles. The molecule has 0 aliphatic rings. The van der Waals surface area contributed by atoms with Crippen LogP contribution in [0.1, 0.15) is 0 Å². The van der Waals surface area contributed by atoms with Crippen LogP contribution in [0, 0.1) is 10.1 Å². The lowest BCUT2D eigenvalue weighted by molar-refractivity contribution is -0.414. The number of hydrogen-bond acceptors (Lipinski definition) is 4. The molecule has 64 valence electrons. The number of H-pyrrole nitrogens is 1. The molecule has 12 heavy (non-hydrogen) atoms. The number of nitrogens with zero attached hydrogens (tertiary/aromatic N) is 1. The number of nitrogen functional groups attached to an aromatic ring is 1. The van der Waals surface area contributed by atoms with E-state index in [2.05, 4.69) is 4.98 Å². The zero-order chi connectivity index (χ0) is 9.14. The molecule has 0 aliphatic heterocycles. The number of methoxy groups -OCH3 is 1. The molecule has 1 aromatic rings. The minimum absolute atomic E-state index is 0.0145.